The number of amides is 1. The van der Waals surface area contributed by atoms with Crippen molar-refractivity contribution in [2.24, 2.45) is 5.92 Å². The fraction of sp³-hybridized carbons (Fsp3) is 0.348. The number of halogens is 1. The molecule has 1 aromatic carbocycles. The van der Waals surface area contributed by atoms with Crippen LogP contribution in [0.25, 0.3) is 16.5 Å². The van der Waals surface area contributed by atoms with Crippen molar-refractivity contribution in [3.8, 4) is 0 Å². The highest BCUT2D eigenvalue weighted by Crippen LogP contribution is 2.31. The van der Waals surface area contributed by atoms with Crippen LogP contribution in [0, 0.1) is 11.7 Å². The molecule has 6 nitrogen and oxygen atoms in total. The number of hydrogen-bond acceptors (Lipinski definition) is 4. The number of aromatic amines is 1. The summed E-state index contributed by atoms with van der Waals surface area (Å²) < 4.78 is 40.7. The molecule has 3 aromatic rings. The van der Waals surface area contributed by atoms with Gasteiger partial charge in [0, 0.05) is 54.8 Å². The van der Waals surface area contributed by atoms with Crippen molar-refractivity contribution in [1.29, 1.82) is 0 Å². The van der Waals surface area contributed by atoms with Crippen molar-refractivity contribution < 1.29 is 17.6 Å². The molecule has 1 N–H and O–H groups in total. The minimum atomic E-state index is -3.45. The third-order valence-corrected chi connectivity index (χ3v) is 9.67. The predicted octanol–water partition coefficient (Wildman–Crippen LogP) is 4.09. The van der Waals surface area contributed by atoms with E-state index in [2.05, 4.69) is 11.1 Å². The second-order valence-electron chi connectivity index (χ2n) is 8.27. The summed E-state index contributed by atoms with van der Waals surface area (Å²) in [4.78, 5) is 18.1. The molecule has 2 aliphatic heterocycles. The molecule has 4 heterocycles. The number of piperidine rings is 1. The van der Waals surface area contributed by atoms with Gasteiger partial charge in [-0.3, -0.25) is 4.79 Å². The van der Waals surface area contributed by atoms with E-state index in [0.717, 1.165) is 28.5 Å². The largest absolute Gasteiger partial charge is 0.360 e. The summed E-state index contributed by atoms with van der Waals surface area (Å²) >= 11 is 1.22. The average molecular weight is 474 g/mol. The number of carbonyl (C=O) groups is 1. The van der Waals surface area contributed by atoms with Crippen LogP contribution in [0.3, 0.4) is 0 Å². The quantitative estimate of drug-likeness (QED) is 0.620. The second kappa shape index (κ2) is 8.46. The van der Waals surface area contributed by atoms with Crippen LogP contribution < -0.4 is 0 Å². The number of fused-ring (bicyclic) bond motifs is 1. The Balaban J connectivity index is 1.22. The van der Waals surface area contributed by atoms with Crippen LogP contribution in [0.15, 0.2) is 52.2 Å². The lowest BCUT2D eigenvalue weighted by Gasteiger charge is -2.34. The molecule has 0 radical (unpaired) electrons. The van der Waals surface area contributed by atoms with Gasteiger partial charge in [-0.1, -0.05) is 12.1 Å². The fourth-order valence-electron chi connectivity index (χ4n) is 4.62. The normalized spacial score (nSPS) is 18.8. The maximum Gasteiger partial charge on any atom is 0.252 e. The molecule has 0 bridgehead atoms. The van der Waals surface area contributed by atoms with Gasteiger partial charge in [0.05, 0.1) is 0 Å². The number of carbonyl (C=O) groups excluding carboxylic acids is 1. The molecule has 1 amide bonds. The summed E-state index contributed by atoms with van der Waals surface area (Å²) in [7, 11) is -3.45. The van der Waals surface area contributed by atoms with Crippen molar-refractivity contribution in [3.63, 3.8) is 0 Å². The van der Waals surface area contributed by atoms with Crippen LogP contribution in [0.2, 0.25) is 0 Å². The molecule has 0 aliphatic carbocycles. The number of sulfonamides is 1. The smallest absolute Gasteiger partial charge is 0.252 e. The Labute approximate surface area is 190 Å². The van der Waals surface area contributed by atoms with Gasteiger partial charge in [0.25, 0.3) is 10.0 Å². The van der Waals surface area contributed by atoms with Gasteiger partial charge in [0.1, 0.15) is 10.0 Å². The van der Waals surface area contributed by atoms with Gasteiger partial charge in [-0.15, -0.1) is 11.3 Å². The highest BCUT2D eigenvalue weighted by molar-refractivity contribution is 7.91. The first-order chi connectivity index (χ1) is 15.4. The van der Waals surface area contributed by atoms with E-state index in [1.54, 1.807) is 23.6 Å². The number of nitrogens with zero attached hydrogens (tertiary/aromatic N) is 2. The SMILES string of the molecule is O=C(C1CCN(S(=O)(=O)c2cccs2)CC1)N1CC=C(c2c[nH]c3cc(F)ccc23)CC1. The van der Waals surface area contributed by atoms with E-state index in [1.807, 2.05) is 11.1 Å². The highest BCUT2D eigenvalue weighted by Gasteiger charge is 2.34. The topological polar surface area (TPSA) is 73.5 Å². The Morgan fingerprint density at radius 1 is 1.16 bits per heavy atom. The van der Waals surface area contributed by atoms with Gasteiger partial charge < -0.3 is 9.88 Å². The van der Waals surface area contributed by atoms with Crippen LogP contribution in [-0.4, -0.2) is 54.7 Å². The van der Waals surface area contributed by atoms with Crippen LogP contribution in [-0.2, 0) is 14.8 Å². The minimum Gasteiger partial charge on any atom is -0.360 e. The van der Waals surface area contributed by atoms with Crippen molar-refractivity contribution in [1.82, 2.24) is 14.2 Å². The fourth-order valence-corrected chi connectivity index (χ4v) is 7.23. The number of rotatable bonds is 4. The Morgan fingerprint density at radius 2 is 1.97 bits per heavy atom. The summed E-state index contributed by atoms with van der Waals surface area (Å²) in [5.74, 6) is -0.306. The summed E-state index contributed by atoms with van der Waals surface area (Å²) in [5, 5.41) is 2.74. The van der Waals surface area contributed by atoms with Gasteiger partial charge in [-0.05, 0) is 54.5 Å². The molecule has 0 spiro atoms. The molecule has 2 aromatic heterocycles. The predicted molar refractivity (Wildman–Crippen MR) is 123 cm³/mol. The molecule has 0 atom stereocenters. The van der Waals surface area contributed by atoms with Crippen LogP contribution in [0.4, 0.5) is 4.39 Å². The van der Waals surface area contributed by atoms with Gasteiger partial charge in [-0.2, -0.15) is 4.31 Å². The van der Waals surface area contributed by atoms with Crippen molar-refractivity contribution >= 4 is 43.7 Å². The molecule has 32 heavy (non-hydrogen) atoms. The molecule has 1 saturated heterocycles. The number of aromatic nitrogens is 1. The van der Waals surface area contributed by atoms with Crippen molar-refractivity contribution in [3.05, 3.63) is 59.4 Å². The Morgan fingerprint density at radius 3 is 2.66 bits per heavy atom. The maximum absolute atomic E-state index is 13.5. The summed E-state index contributed by atoms with van der Waals surface area (Å²) in [6, 6.07) is 8.10. The zero-order valence-corrected chi connectivity index (χ0v) is 19.1. The minimum absolute atomic E-state index is 0.106. The third-order valence-electron chi connectivity index (χ3n) is 6.40. The average Bonchev–Trinajstić information content (AvgIpc) is 3.49. The van der Waals surface area contributed by atoms with Crippen LogP contribution in [0.1, 0.15) is 24.8 Å². The van der Waals surface area contributed by atoms with Gasteiger partial charge in [0.15, 0.2) is 0 Å². The monoisotopic (exact) mass is 473 g/mol. The molecule has 168 valence electrons. The Kier molecular flexibility index (Phi) is 5.65. The standard InChI is InChI=1S/C23H24FN3O3S2/c24-18-3-4-19-20(15-25-21(19)14-18)16-5-9-26(10-6-16)23(28)17-7-11-27(12-8-17)32(29,30)22-2-1-13-31-22/h1-5,13-15,17,25H,6-12H2. The molecule has 0 unspecified atom stereocenters. The van der Waals surface area contributed by atoms with Crippen LogP contribution in [0.5, 0.6) is 0 Å². The Bertz CT molecular complexity index is 1270. The molecule has 0 saturated carbocycles. The molecule has 9 heteroatoms. The lowest BCUT2D eigenvalue weighted by molar-refractivity contribution is -0.136. The lowest BCUT2D eigenvalue weighted by atomic mass is 9.94. The van der Waals surface area contributed by atoms with E-state index < -0.39 is 10.0 Å². The van der Waals surface area contributed by atoms with E-state index in [-0.39, 0.29) is 17.6 Å². The number of thiophene rings is 1. The van der Waals surface area contributed by atoms with E-state index in [9.17, 15) is 17.6 Å². The molecular weight excluding hydrogens is 449 g/mol. The Hall–Kier alpha value is -2.49. The zero-order chi connectivity index (χ0) is 22.3. The first kappa shape index (κ1) is 21.4. The summed E-state index contributed by atoms with van der Waals surface area (Å²) in [5.41, 5.74) is 2.98. The van der Waals surface area contributed by atoms with E-state index in [1.165, 1.54) is 27.8 Å². The number of hydrogen-bond donors (Lipinski definition) is 1. The zero-order valence-electron chi connectivity index (χ0n) is 17.5. The van der Waals surface area contributed by atoms with E-state index in [0.29, 0.717) is 43.2 Å². The van der Waals surface area contributed by atoms with Gasteiger partial charge >= 0.3 is 0 Å². The lowest BCUT2D eigenvalue weighted by Crippen LogP contribution is -2.45. The second-order valence-corrected chi connectivity index (χ2v) is 11.4. The van der Waals surface area contributed by atoms with E-state index in [4.69, 9.17) is 0 Å². The van der Waals surface area contributed by atoms with Gasteiger partial charge in [0.2, 0.25) is 5.91 Å². The molecule has 2 aliphatic rings. The van der Waals surface area contributed by atoms with E-state index >= 15 is 0 Å². The molecule has 5 rings (SSSR count). The number of benzene rings is 1. The molecule has 1 fully saturated rings. The van der Waals surface area contributed by atoms with Crippen LogP contribution >= 0.6 is 11.3 Å². The third kappa shape index (κ3) is 3.89. The van der Waals surface area contributed by atoms with Crippen molar-refractivity contribution in [2.75, 3.05) is 26.2 Å². The van der Waals surface area contributed by atoms with Crippen molar-refractivity contribution in [2.45, 2.75) is 23.5 Å². The molecular formula is C23H24FN3O3S2. The first-order valence-corrected chi connectivity index (χ1v) is 13.0. The maximum atomic E-state index is 13.5. The number of nitrogens with one attached hydrogen (secondary N) is 1. The highest BCUT2D eigenvalue weighted by atomic mass is 32.2. The van der Waals surface area contributed by atoms with Gasteiger partial charge in [-0.25, -0.2) is 12.8 Å². The summed E-state index contributed by atoms with van der Waals surface area (Å²) in [6.45, 7) is 1.91. The number of H-pyrrole nitrogens is 1. The summed E-state index contributed by atoms with van der Waals surface area (Å²) in [6.07, 6.45) is 5.80. The first-order valence-electron chi connectivity index (χ1n) is 10.7.